The highest BCUT2D eigenvalue weighted by Gasteiger charge is 2.33. The first kappa shape index (κ1) is 10.0. The summed E-state index contributed by atoms with van der Waals surface area (Å²) in [4.78, 5) is 12.1. The van der Waals surface area contributed by atoms with Crippen LogP contribution >= 0.6 is 0 Å². The minimum Gasteiger partial charge on any atom is -0.289 e. The molecule has 0 N–H and O–H groups in total. The molecule has 3 rings (SSSR count). The third-order valence-electron chi connectivity index (χ3n) is 3.29. The first-order chi connectivity index (χ1) is 8.29. The van der Waals surface area contributed by atoms with E-state index in [1.807, 2.05) is 54.6 Å². The van der Waals surface area contributed by atoms with Crippen LogP contribution in [0.25, 0.3) is 0 Å². The Morgan fingerprint density at radius 1 is 0.882 bits per heavy atom. The van der Waals surface area contributed by atoms with E-state index in [2.05, 4.69) is 6.58 Å². The second-order valence-corrected chi connectivity index (χ2v) is 4.29. The number of allylic oxidation sites excluding steroid dienone is 1. The van der Waals surface area contributed by atoms with Crippen LogP contribution in [0.15, 0.2) is 66.7 Å². The van der Waals surface area contributed by atoms with Crippen LogP contribution in [0.1, 0.15) is 27.4 Å². The highest BCUT2D eigenvalue weighted by molar-refractivity contribution is 6.14. The van der Waals surface area contributed by atoms with Gasteiger partial charge in [0.15, 0.2) is 5.78 Å². The number of ketones is 1. The van der Waals surface area contributed by atoms with E-state index in [0.717, 1.165) is 16.7 Å². The zero-order chi connectivity index (χ0) is 11.8. The standard InChI is InChI=1S/C16H12O/c1-11-15(12-7-3-2-4-8-12)13-9-5-6-10-14(13)16(11)17/h2-10,15H,1H2/t15-/m0/s1. The van der Waals surface area contributed by atoms with Gasteiger partial charge in [0.25, 0.3) is 0 Å². The van der Waals surface area contributed by atoms with Gasteiger partial charge in [-0.25, -0.2) is 0 Å². The highest BCUT2D eigenvalue weighted by atomic mass is 16.1. The normalized spacial score (nSPS) is 18.2. The van der Waals surface area contributed by atoms with Crippen LogP contribution in [-0.2, 0) is 0 Å². The van der Waals surface area contributed by atoms with Crippen molar-refractivity contribution in [2.24, 2.45) is 0 Å². The summed E-state index contributed by atoms with van der Waals surface area (Å²) < 4.78 is 0. The Morgan fingerprint density at radius 2 is 1.53 bits per heavy atom. The maximum atomic E-state index is 12.1. The number of carbonyl (C=O) groups excluding carboxylic acids is 1. The third-order valence-corrected chi connectivity index (χ3v) is 3.29. The summed E-state index contributed by atoms with van der Waals surface area (Å²) in [6.45, 7) is 3.96. The van der Waals surface area contributed by atoms with Gasteiger partial charge in [-0.1, -0.05) is 61.2 Å². The van der Waals surface area contributed by atoms with E-state index in [4.69, 9.17) is 0 Å². The molecule has 0 aromatic heterocycles. The highest BCUT2D eigenvalue weighted by Crippen LogP contribution is 2.40. The minimum absolute atomic E-state index is 0.0277. The number of Topliss-reactive ketones (excluding diaryl/α,β-unsaturated/α-hetero) is 1. The Hall–Kier alpha value is -2.15. The molecular weight excluding hydrogens is 208 g/mol. The average molecular weight is 220 g/mol. The van der Waals surface area contributed by atoms with Gasteiger partial charge in [0.1, 0.15) is 0 Å². The van der Waals surface area contributed by atoms with E-state index in [1.54, 1.807) is 0 Å². The topological polar surface area (TPSA) is 17.1 Å². The molecule has 0 bridgehead atoms. The molecule has 1 nitrogen and oxygen atoms in total. The van der Waals surface area contributed by atoms with Crippen LogP contribution < -0.4 is 0 Å². The van der Waals surface area contributed by atoms with Gasteiger partial charge in [0.2, 0.25) is 0 Å². The van der Waals surface area contributed by atoms with Gasteiger partial charge >= 0.3 is 0 Å². The third kappa shape index (κ3) is 1.43. The second-order valence-electron chi connectivity index (χ2n) is 4.29. The van der Waals surface area contributed by atoms with Crippen molar-refractivity contribution in [3.8, 4) is 0 Å². The lowest BCUT2D eigenvalue weighted by Crippen LogP contribution is -2.00. The molecule has 0 spiro atoms. The molecule has 0 fully saturated rings. The molecular formula is C16H12O. The largest absolute Gasteiger partial charge is 0.289 e. The Kier molecular flexibility index (Phi) is 2.19. The van der Waals surface area contributed by atoms with Crippen LogP contribution in [-0.4, -0.2) is 5.78 Å². The maximum absolute atomic E-state index is 12.1. The monoisotopic (exact) mass is 220 g/mol. The van der Waals surface area contributed by atoms with Crippen molar-refractivity contribution in [1.82, 2.24) is 0 Å². The van der Waals surface area contributed by atoms with Crippen molar-refractivity contribution in [3.05, 3.63) is 83.4 Å². The van der Waals surface area contributed by atoms with Gasteiger partial charge in [-0.05, 0) is 11.1 Å². The molecule has 0 aliphatic heterocycles. The Labute approximate surface area is 100 Å². The van der Waals surface area contributed by atoms with Crippen molar-refractivity contribution < 1.29 is 4.79 Å². The molecule has 1 atom stereocenters. The van der Waals surface area contributed by atoms with E-state index in [1.165, 1.54) is 0 Å². The summed E-state index contributed by atoms with van der Waals surface area (Å²) in [6, 6.07) is 17.8. The first-order valence-corrected chi connectivity index (χ1v) is 5.66. The van der Waals surface area contributed by atoms with Crippen molar-refractivity contribution >= 4 is 5.78 Å². The SMILES string of the molecule is C=C1C(=O)c2ccccc2[C@@H]1c1ccccc1. The number of rotatable bonds is 1. The summed E-state index contributed by atoms with van der Waals surface area (Å²) in [7, 11) is 0. The molecule has 0 radical (unpaired) electrons. The lowest BCUT2D eigenvalue weighted by molar-refractivity contribution is 0.103. The zero-order valence-corrected chi connectivity index (χ0v) is 9.39. The van der Waals surface area contributed by atoms with Gasteiger partial charge in [0, 0.05) is 17.1 Å². The average Bonchev–Trinajstić information content (AvgIpc) is 2.64. The quantitative estimate of drug-likeness (QED) is 0.671. The van der Waals surface area contributed by atoms with E-state index < -0.39 is 0 Å². The molecule has 0 amide bonds. The minimum atomic E-state index is 0.0277. The number of hydrogen-bond acceptors (Lipinski definition) is 1. The van der Waals surface area contributed by atoms with Gasteiger partial charge in [0.05, 0.1) is 0 Å². The van der Waals surface area contributed by atoms with Crippen LogP contribution in [0, 0.1) is 0 Å². The summed E-state index contributed by atoms with van der Waals surface area (Å²) in [6.07, 6.45) is 0. The Morgan fingerprint density at radius 3 is 2.29 bits per heavy atom. The molecule has 1 heteroatoms. The predicted molar refractivity (Wildman–Crippen MR) is 68.2 cm³/mol. The fourth-order valence-corrected chi connectivity index (χ4v) is 2.47. The lowest BCUT2D eigenvalue weighted by atomic mass is 9.91. The van der Waals surface area contributed by atoms with Crippen molar-refractivity contribution in [1.29, 1.82) is 0 Å². The van der Waals surface area contributed by atoms with Crippen LogP contribution in [0.5, 0.6) is 0 Å². The van der Waals surface area contributed by atoms with Crippen LogP contribution in [0.3, 0.4) is 0 Å². The van der Waals surface area contributed by atoms with Crippen molar-refractivity contribution in [3.63, 3.8) is 0 Å². The molecule has 2 aromatic carbocycles. The van der Waals surface area contributed by atoms with Gasteiger partial charge in [-0.3, -0.25) is 4.79 Å². The van der Waals surface area contributed by atoms with Gasteiger partial charge in [-0.2, -0.15) is 0 Å². The second kappa shape index (κ2) is 3.70. The van der Waals surface area contributed by atoms with Crippen LogP contribution in [0.4, 0.5) is 0 Å². The van der Waals surface area contributed by atoms with Crippen molar-refractivity contribution in [2.45, 2.75) is 5.92 Å². The predicted octanol–water partition coefficient (Wildman–Crippen LogP) is 3.57. The summed E-state index contributed by atoms with van der Waals surface area (Å²) in [5.74, 6) is 0.106. The van der Waals surface area contributed by atoms with Crippen LogP contribution in [0.2, 0.25) is 0 Å². The molecule has 0 saturated carbocycles. The van der Waals surface area contributed by atoms with Gasteiger partial charge in [-0.15, -0.1) is 0 Å². The molecule has 0 unspecified atom stereocenters. The smallest absolute Gasteiger partial charge is 0.189 e. The Balaban J connectivity index is 2.20. The summed E-state index contributed by atoms with van der Waals surface area (Å²) in [5, 5.41) is 0. The van der Waals surface area contributed by atoms with E-state index in [0.29, 0.717) is 5.57 Å². The number of carbonyl (C=O) groups is 1. The van der Waals surface area contributed by atoms with E-state index in [9.17, 15) is 4.79 Å². The van der Waals surface area contributed by atoms with E-state index >= 15 is 0 Å². The maximum Gasteiger partial charge on any atom is 0.189 e. The van der Waals surface area contributed by atoms with Crippen molar-refractivity contribution in [2.75, 3.05) is 0 Å². The molecule has 82 valence electrons. The molecule has 0 heterocycles. The molecule has 2 aromatic rings. The van der Waals surface area contributed by atoms with Gasteiger partial charge < -0.3 is 0 Å². The first-order valence-electron chi connectivity index (χ1n) is 5.66. The zero-order valence-electron chi connectivity index (χ0n) is 9.39. The Bertz CT molecular complexity index is 596. The number of hydrogen-bond donors (Lipinski definition) is 0. The summed E-state index contributed by atoms with van der Waals surface area (Å²) >= 11 is 0. The summed E-state index contributed by atoms with van der Waals surface area (Å²) in [5.41, 5.74) is 3.69. The number of benzene rings is 2. The molecule has 0 saturated heterocycles. The fourth-order valence-electron chi connectivity index (χ4n) is 2.47. The number of fused-ring (bicyclic) bond motifs is 1. The lowest BCUT2D eigenvalue weighted by Gasteiger charge is -2.12. The van der Waals surface area contributed by atoms with E-state index in [-0.39, 0.29) is 11.7 Å². The fraction of sp³-hybridized carbons (Fsp3) is 0.0625. The molecule has 1 aliphatic carbocycles. The molecule has 17 heavy (non-hydrogen) atoms. The molecule has 1 aliphatic rings.